The van der Waals surface area contributed by atoms with Crippen LogP contribution in [0.5, 0.6) is 0 Å². The van der Waals surface area contributed by atoms with Crippen molar-refractivity contribution in [3.63, 3.8) is 0 Å². The summed E-state index contributed by atoms with van der Waals surface area (Å²) in [7, 11) is 0. The maximum absolute atomic E-state index is 12.8. The predicted octanol–water partition coefficient (Wildman–Crippen LogP) is 2.24. The van der Waals surface area contributed by atoms with E-state index in [9.17, 15) is 19.2 Å². The number of amides is 5. The molecular formula is C21H24N4O4. The molecule has 8 heteroatoms. The van der Waals surface area contributed by atoms with E-state index in [2.05, 4.69) is 10.7 Å². The van der Waals surface area contributed by atoms with Gasteiger partial charge in [-0.05, 0) is 30.0 Å². The van der Waals surface area contributed by atoms with Crippen LogP contribution in [0.2, 0.25) is 0 Å². The van der Waals surface area contributed by atoms with Gasteiger partial charge in [0.05, 0.1) is 12.5 Å². The van der Waals surface area contributed by atoms with Crippen molar-refractivity contribution in [3.05, 3.63) is 41.6 Å². The fourth-order valence-electron chi connectivity index (χ4n) is 4.48. The van der Waals surface area contributed by atoms with Crippen molar-refractivity contribution >= 4 is 29.8 Å². The van der Waals surface area contributed by atoms with Crippen LogP contribution in [0.4, 0.5) is 4.79 Å². The molecule has 1 aliphatic carbocycles. The zero-order chi connectivity index (χ0) is 20.6. The summed E-state index contributed by atoms with van der Waals surface area (Å²) in [6, 6.07) is 6.43. The Balaban J connectivity index is 1.50. The SMILES string of the molecule is CC(=O)N1C=Cc2ccccc2C1CC(=O)NN1C(=O)NC2(CCCCC2)C1=O. The second kappa shape index (κ2) is 7.35. The monoisotopic (exact) mass is 396 g/mol. The third kappa shape index (κ3) is 3.39. The highest BCUT2D eigenvalue weighted by atomic mass is 16.2. The summed E-state index contributed by atoms with van der Waals surface area (Å²) in [5.41, 5.74) is 3.34. The van der Waals surface area contributed by atoms with Crippen molar-refractivity contribution in [2.24, 2.45) is 0 Å². The Morgan fingerprint density at radius 1 is 1.17 bits per heavy atom. The number of imide groups is 1. The number of urea groups is 1. The number of benzene rings is 1. The highest BCUT2D eigenvalue weighted by Crippen LogP contribution is 2.34. The van der Waals surface area contributed by atoms with Crippen molar-refractivity contribution in [1.29, 1.82) is 0 Å². The standard InChI is InChI=1S/C21H24N4O4/c1-14(26)24-12-9-15-7-3-4-8-16(15)17(24)13-18(27)23-25-19(28)21(22-20(25)29)10-5-2-6-11-21/h3-4,7-9,12,17H,2,5-6,10-11,13H2,1H3,(H,22,29)(H,23,27). The van der Waals surface area contributed by atoms with Gasteiger partial charge in [0, 0.05) is 13.1 Å². The van der Waals surface area contributed by atoms with Gasteiger partial charge in [0.15, 0.2) is 0 Å². The molecule has 3 aliphatic rings. The van der Waals surface area contributed by atoms with E-state index in [1.54, 1.807) is 6.20 Å². The smallest absolute Gasteiger partial charge is 0.322 e. The molecule has 1 saturated carbocycles. The maximum atomic E-state index is 12.8. The fourth-order valence-corrected chi connectivity index (χ4v) is 4.48. The second-order valence-electron chi connectivity index (χ2n) is 7.84. The quantitative estimate of drug-likeness (QED) is 0.766. The first-order valence-electron chi connectivity index (χ1n) is 9.93. The number of nitrogens with one attached hydrogen (secondary N) is 2. The minimum atomic E-state index is -0.895. The molecule has 0 bridgehead atoms. The molecule has 1 spiro atoms. The number of carbonyl (C=O) groups is 4. The highest BCUT2D eigenvalue weighted by Gasteiger charge is 2.52. The van der Waals surface area contributed by atoms with E-state index in [1.807, 2.05) is 30.3 Å². The average molecular weight is 396 g/mol. The lowest BCUT2D eigenvalue weighted by Gasteiger charge is -2.32. The molecule has 0 radical (unpaired) electrons. The number of carbonyl (C=O) groups excluding carboxylic acids is 4. The first kappa shape index (κ1) is 19.2. The highest BCUT2D eigenvalue weighted by molar-refractivity contribution is 6.08. The summed E-state index contributed by atoms with van der Waals surface area (Å²) >= 11 is 0. The van der Waals surface area contributed by atoms with Gasteiger partial charge in [-0.3, -0.25) is 19.8 Å². The van der Waals surface area contributed by atoms with Crippen molar-refractivity contribution in [2.45, 2.75) is 57.0 Å². The number of nitrogens with zero attached hydrogens (tertiary/aromatic N) is 2. The Labute approximate surface area is 168 Å². The molecule has 4 rings (SSSR count). The zero-order valence-corrected chi connectivity index (χ0v) is 16.3. The Morgan fingerprint density at radius 3 is 2.62 bits per heavy atom. The molecule has 2 N–H and O–H groups in total. The molecule has 29 heavy (non-hydrogen) atoms. The Morgan fingerprint density at radius 2 is 1.90 bits per heavy atom. The number of rotatable bonds is 3. The van der Waals surface area contributed by atoms with Crippen molar-refractivity contribution in [2.75, 3.05) is 0 Å². The van der Waals surface area contributed by atoms with E-state index in [0.717, 1.165) is 35.4 Å². The van der Waals surface area contributed by atoms with Gasteiger partial charge in [-0.25, -0.2) is 4.79 Å². The molecular weight excluding hydrogens is 372 g/mol. The largest absolute Gasteiger partial charge is 0.344 e. The van der Waals surface area contributed by atoms with Crippen LogP contribution in [0.1, 0.15) is 62.6 Å². The Kier molecular flexibility index (Phi) is 4.86. The fraction of sp³-hybridized carbons (Fsp3) is 0.429. The summed E-state index contributed by atoms with van der Waals surface area (Å²) in [4.78, 5) is 51.5. The number of hydrogen-bond acceptors (Lipinski definition) is 4. The summed E-state index contributed by atoms with van der Waals surface area (Å²) in [5, 5.41) is 3.57. The molecule has 2 fully saturated rings. The molecule has 2 aliphatic heterocycles. The van der Waals surface area contributed by atoms with Crippen LogP contribution in [0.3, 0.4) is 0 Å². The molecule has 1 atom stereocenters. The molecule has 8 nitrogen and oxygen atoms in total. The predicted molar refractivity (Wildman–Crippen MR) is 105 cm³/mol. The van der Waals surface area contributed by atoms with Gasteiger partial charge in [0.1, 0.15) is 5.54 Å². The minimum Gasteiger partial charge on any atom is -0.322 e. The lowest BCUT2D eigenvalue weighted by Crippen LogP contribution is -2.51. The molecule has 1 aromatic rings. The van der Waals surface area contributed by atoms with E-state index < -0.39 is 29.4 Å². The summed E-state index contributed by atoms with van der Waals surface area (Å²) in [6.07, 6.45) is 7.37. The van der Waals surface area contributed by atoms with Crippen LogP contribution >= 0.6 is 0 Å². The number of fused-ring (bicyclic) bond motifs is 1. The van der Waals surface area contributed by atoms with Crippen molar-refractivity contribution in [1.82, 2.24) is 20.7 Å². The van der Waals surface area contributed by atoms with Gasteiger partial charge in [0.2, 0.25) is 11.8 Å². The van der Waals surface area contributed by atoms with Crippen molar-refractivity contribution < 1.29 is 19.2 Å². The van der Waals surface area contributed by atoms with E-state index in [0.29, 0.717) is 12.8 Å². The molecule has 2 heterocycles. The lowest BCUT2D eigenvalue weighted by molar-refractivity contribution is -0.140. The van der Waals surface area contributed by atoms with Gasteiger partial charge >= 0.3 is 6.03 Å². The first-order chi connectivity index (χ1) is 13.9. The van der Waals surface area contributed by atoms with Gasteiger partial charge in [0.25, 0.3) is 5.91 Å². The van der Waals surface area contributed by atoms with E-state index in [1.165, 1.54) is 11.8 Å². The van der Waals surface area contributed by atoms with Crippen LogP contribution in [0.25, 0.3) is 6.08 Å². The topological polar surface area (TPSA) is 98.8 Å². The third-order valence-electron chi connectivity index (χ3n) is 5.95. The summed E-state index contributed by atoms with van der Waals surface area (Å²) in [6.45, 7) is 1.44. The normalized spacial score (nSPS) is 22.4. The van der Waals surface area contributed by atoms with Gasteiger partial charge in [-0.1, -0.05) is 43.5 Å². The number of hydrazine groups is 1. The maximum Gasteiger partial charge on any atom is 0.344 e. The van der Waals surface area contributed by atoms with Gasteiger partial charge < -0.3 is 10.2 Å². The summed E-state index contributed by atoms with van der Waals surface area (Å²) < 4.78 is 0. The van der Waals surface area contributed by atoms with E-state index in [-0.39, 0.29) is 12.3 Å². The average Bonchev–Trinajstić information content (AvgIpc) is 2.92. The summed E-state index contributed by atoms with van der Waals surface area (Å²) in [5.74, 6) is -1.09. The van der Waals surface area contributed by atoms with E-state index >= 15 is 0 Å². The van der Waals surface area contributed by atoms with Gasteiger partial charge in [-0.2, -0.15) is 5.01 Å². The molecule has 152 valence electrons. The molecule has 0 aromatic heterocycles. The second-order valence-corrected chi connectivity index (χ2v) is 7.84. The van der Waals surface area contributed by atoms with Crippen LogP contribution in [-0.2, 0) is 14.4 Å². The molecule has 1 unspecified atom stereocenters. The third-order valence-corrected chi connectivity index (χ3v) is 5.95. The van der Waals surface area contributed by atoms with Crippen LogP contribution in [0.15, 0.2) is 30.5 Å². The lowest BCUT2D eigenvalue weighted by atomic mass is 9.82. The van der Waals surface area contributed by atoms with Crippen LogP contribution in [-0.4, -0.2) is 39.2 Å². The van der Waals surface area contributed by atoms with Crippen LogP contribution < -0.4 is 10.7 Å². The van der Waals surface area contributed by atoms with Crippen molar-refractivity contribution in [3.8, 4) is 0 Å². The molecule has 1 aromatic carbocycles. The first-order valence-corrected chi connectivity index (χ1v) is 9.93. The van der Waals surface area contributed by atoms with Gasteiger partial charge in [-0.15, -0.1) is 0 Å². The van der Waals surface area contributed by atoms with E-state index in [4.69, 9.17) is 0 Å². The molecule has 1 saturated heterocycles. The number of hydrogen-bond donors (Lipinski definition) is 2. The van der Waals surface area contributed by atoms with Crippen LogP contribution in [0, 0.1) is 0 Å². The Bertz CT molecular complexity index is 904. The minimum absolute atomic E-state index is 0.0645. The zero-order valence-electron chi connectivity index (χ0n) is 16.3. The molecule has 5 amide bonds. The Hall–Kier alpha value is -3.16.